The predicted molar refractivity (Wildman–Crippen MR) is 118 cm³/mol. The Morgan fingerprint density at radius 2 is 2.10 bits per heavy atom. The van der Waals surface area contributed by atoms with Gasteiger partial charge < -0.3 is 20.7 Å². The molecule has 2 aromatic heterocycles. The molecule has 0 aliphatic rings. The van der Waals surface area contributed by atoms with E-state index >= 15 is 0 Å². The Morgan fingerprint density at radius 1 is 1.31 bits per heavy atom. The molecule has 2 aromatic rings. The Morgan fingerprint density at radius 3 is 2.79 bits per heavy atom. The van der Waals surface area contributed by atoms with Crippen LogP contribution in [-0.4, -0.2) is 48.6 Å². The number of hydrogen-bond acceptors (Lipinski definition) is 7. The lowest BCUT2D eigenvalue weighted by Gasteiger charge is -2.16. The van der Waals surface area contributed by atoms with E-state index in [1.165, 1.54) is 11.3 Å². The number of aryl methyl sites for hydroxylation is 1. The number of hydrogen-bond donors (Lipinski definition) is 3. The number of nitrogens with one attached hydrogen (secondary N) is 3. The summed E-state index contributed by atoms with van der Waals surface area (Å²) in [5.74, 6) is 1.29. The van der Waals surface area contributed by atoms with Crippen LogP contribution in [0, 0.1) is 6.92 Å². The van der Waals surface area contributed by atoms with Crippen molar-refractivity contribution in [2.45, 2.75) is 39.7 Å². The predicted octanol–water partition coefficient (Wildman–Crippen LogP) is 3.14. The number of nitrogens with zero attached hydrogens (tertiary/aromatic N) is 3. The number of pyridine rings is 1. The molecule has 0 aliphatic heterocycles. The highest BCUT2D eigenvalue weighted by Gasteiger charge is 2.20. The molecule has 8 nitrogen and oxygen atoms in total. The third-order valence-corrected chi connectivity index (χ3v) is 5.41. The number of rotatable bonds is 10. The quantitative estimate of drug-likeness (QED) is 0.236. The first kappa shape index (κ1) is 22.6. The molecular weight excluding hydrogens is 388 g/mol. The lowest BCUT2D eigenvalue weighted by Crippen LogP contribution is -2.39. The SMILES string of the molecule is CCOC(=O)c1sc(C(C)NC(=NC)NCCCCNc2ccccn2)nc1C. The first-order valence-corrected chi connectivity index (χ1v) is 10.6. The van der Waals surface area contributed by atoms with Gasteiger partial charge >= 0.3 is 5.97 Å². The van der Waals surface area contributed by atoms with Crippen molar-refractivity contribution in [3.63, 3.8) is 0 Å². The first-order valence-electron chi connectivity index (χ1n) is 9.81. The van der Waals surface area contributed by atoms with Crippen LogP contribution < -0.4 is 16.0 Å². The molecule has 0 saturated heterocycles. The molecule has 158 valence electrons. The third kappa shape index (κ3) is 7.34. The molecule has 2 heterocycles. The van der Waals surface area contributed by atoms with Gasteiger partial charge in [0, 0.05) is 26.3 Å². The van der Waals surface area contributed by atoms with E-state index in [1.807, 2.05) is 32.0 Å². The molecule has 0 aromatic carbocycles. The van der Waals surface area contributed by atoms with E-state index in [9.17, 15) is 4.79 Å². The van der Waals surface area contributed by atoms with Gasteiger partial charge in [-0.3, -0.25) is 4.99 Å². The van der Waals surface area contributed by atoms with Gasteiger partial charge in [0.05, 0.1) is 18.3 Å². The number of aliphatic imine (C=N–C) groups is 1. The molecule has 1 atom stereocenters. The van der Waals surface area contributed by atoms with Crippen molar-refractivity contribution in [3.05, 3.63) is 40.0 Å². The van der Waals surface area contributed by atoms with Gasteiger partial charge in [0.2, 0.25) is 0 Å². The zero-order valence-electron chi connectivity index (χ0n) is 17.5. The van der Waals surface area contributed by atoms with Crippen LogP contribution in [0.25, 0.3) is 0 Å². The Kier molecular flexibility index (Phi) is 9.36. The van der Waals surface area contributed by atoms with E-state index < -0.39 is 0 Å². The van der Waals surface area contributed by atoms with Gasteiger partial charge in [-0.05, 0) is 45.7 Å². The lowest BCUT2D eigenvalue weighted by atomic mass is 10.3. The largest absolute Gasteiger partial charge is 0.462 e. The Bertz CT molecular complexity index is 794. The molecule has 3 N–H and O–H groups in total. The van der Waals surface area contributed by atoms with Crippen molar-refractivity contribution in [2.75, 3.05) is 32.1 Å². The monoisotopic (exact) mass is 418 g/mol. The summed E-state index contributed by atoms with van der Waals surface area (Å²) in [6.45, 7) is 7.65. The summed E-state index contributed by atoms with van der Waals surface area (Å²) in [6, 6.07) is 5.75. The van der Waals surface area contributed by atoms with Crippen LogP contribution in [-0.2, 0) is 4.74 Å². The molecule has 1 unspecified atom stereocenters. The maximum atomic E-state index is 12.0. The fourth-order valence-electron chi connectivity index (χ4n) is 2.59. The van der Waals surface area contributed by atoms with Gasteiger partial charge in [-0.15, -0.1) is 11.3 Å². The summed E-state index contributed by atoms with van der Waals surface area (Å²) < 4.78 is 5.08. The number of guanidine groups is 1. The van der Waals surface area contributed by atoms with Crippen LogP contribution in [0.5, 0.6) is 0 Å². The fourth-order valence-corrected chi connectivity index (χ4v) is 3.55. The Balaban J connectivity index is 1.73. The van der Waals surface area contributed by atoms with Crippen LogP contribution in [0.2, 0.25) is 0 Å². The topological polar surface area (TPSA) is 101 Å². The second kappa shape index (κ2) is 12.0. The minimum absolute atomic E-state index is 0.0705. The van der Waals surface area contributed by atoms with Crippen LogP contribution >= 0.6 is 11.3 Å². The van der Waals surface area contributed by atoms with E-state index in [4.69, 9.17) is 4.74 Å². The van der Waals surface area contributed by atoms with Gasteiger partial charge in [-0.25, -0.2) is 14.8 Å². The van der Waals surface area contributed by atoms with Crippen molar-refractivity contribution < 1.29 is 9.53 Å². The smallest absolute Gasteiger partial charge is 0.350 e. The molecule has 0 saturated carbocycles. The number of aromatic nitrogens is 2. The third-order valence-electron chi connectivity index (χ3n) is 4.09. The van der Waals surface area contributed by atoms with E-state index in [1.54, 1.807) is 20.2 Å². The molecule has 2 rings (SSSR count). The standard InChI is InChI=1S/C20H30N6O2S/c1-5-28-19(27)17-14(2)25-18(29-17)15(3)26-20(21-4)24-13-9-8-12-23-16-10-6-7-11-22-16/h6-7,10-11,15H,5,8-9,12-13H2,1-4H3,(H,22,23)(H2,21,24,26). The number of esters is 1. The van der Waals surface area contributed by atoms with E-state index in [0.29, 0.717) is 23.1 Å². The molecule has 0 amide bonds. The minimum Gasteiger partial charge on any atom is -0.462 e. The second-order valence-corrected chi connectivity index (χ2v) is 7.43. The van der Waals surface area contributed by atoms with Crippen molar-refractivity contribution in [3.8, 4) is 0 Å². The molecule has 0 fully saturated rings. The zero-order valence-corrected chi connectivity index (χ0v) is 18.3. The lowest BCUT2D eigenvalue weighted by molar-refractivity contribution is 0.0531. The van der Waals surface area contributed by atoms with Gasteiger partial charge in [-0.2, -0.15) is 0 Å². The van der Waals surface area contributed by atoms with Crippen molar-refractivity contribution in [1.29, 1.82) is 0 Å². The van der Waals surface area contributed by atoms with Crippen LogP contribution in [0.4, 0.5) is 5.82 Å². The average Bonchev–Trinajstić information content (AvgIpc) is 3.12. The normalized spacial score (nSPS) is 12.3. The van der Waals surface area contributed by atoms with Crippen molar-refractivity contribution >= 4 is 29.1 Å². The highest BCUT2D eigenvalue weighted by molar-refractivity contribution is 7.13. The van der Waals surface area contributed by atoms with Gasteiger partial charge in [-0.1, -0.05) is 6.07 Å². The Hall–Kier alpha value is -2.68. The van der Waals surface area contributed by atoms with Gasteiger partial charge in [0.1, 0.15) is 15.7 Å². The molecule has 0 spiro atoms. The maximum absolute atomic E-state index is 12.0. The van der Waals surface area contributed by atoms with Crippen molar-refractivity contribution in [1.82, 2.24) is 20.6 Å². The molecule has 0 bridgehead atoms. The average molecular weight is 419 g/mol. The van der Waals surface area contributed by atoms with E-state index in [0.717, 1.165) is 36.8 Å². The highest BCUT2D eigenvalue weighted by Crippen LogP contribution is 2.24. The van der Waals surface area contributed by atoms with Crippen LogP contribution in [0.15, 0.2) is 29.4 Å². The van der Waals surface area contributed by atoms with Crippen LogP contribution in [0.3, 0.4) is 0 Å². The Labute approximate surface area is 176 Å². The molecule has 29 heavy (non-hydrogen) atoms. The van der Waals surface area contributed by atoms with Crippen LogP contribution in [0.1, 0.15) is 53.1 Å². The summed E-state index contributed by atoms with van der Waals surface area (Å²) in [7, 11) is 1.74. The molecule has 0 aliphatic carbocycles. The fraction of sp³-hybridized carbons (Fsp3) is 0.500. The minimum atomic E-state index is -0.317. The summed E-state index contributed by atoms with van der Waals surface area (Å²) in [5, 5.41) is 10.8. The second-order valence-electron chi connectivity index (χ2n) is 6.40. The summed E-state index contributed by atoms with van der Waals surface area (Å²) in [5.41, 5.74) is 0.695. The number of ether oxygens (including phenoxy) is 1. The maximum Gasteiger partial charge on any atom is 0.350 e. The number of carbonyl (C=O) groups is 1. The van der Waals surface area contributed by atoms with Gasteiger partial charge in [0.25, 0.3) is 0 Å². The van der Waals surface area contributed by atoms with E-state index in [2.05, 4.69) is 30.9 Å². The first-order chi connectivity index (χ1) is 14.0. The number of carbonyl (C=O) groups excluding carboxylic acids is 1. The zero-order chi connectivity index (χ0) is 21.1. The molecular formula is C20H30N6O2S. The number of thiazole rings is 1. The summed E-state index contributed by atoms with van der Waals surface area (Å²) in [4.78, 5) is 25.5. The molecule has 9 heteroatoms. The van der Waals surface area contributed by atoms with Gasteiger partial charge in [0.15, 0.2) is 5.96 Å². The van der Waals surface area contributed by atoms with Crippen molar-refractivity contribution in [2.24, 2.45) is 4.99 Å². The number of anilines is 1. The summed E-state index contributed by atoms with van der Waals surface area (Å²) >= 11 is 1.36. The molecule has 0 radical (unpaired) electrons. The van der Waals surface area contributed by atoms with E-state index in [-0.39, 0.29) is 12.0 Å². The highest BCUT2D eigenvalue weighted by atomic mass is 32.1. The number of unbranched alkanes of at least 4 members (excludes halogenated alkanes) is 1. The summed E-state index contributed by atoms with van der Waals surface area (Å²) in [6.07, 6.45) is 3.79.